The summed E-state index contributed by atoms with van der Waals surface area (Å²) in [5, 5.41) is 13.4. The summed E-state index contributed by atoms with van der Waals surface area (Å²) < 4.78 is 1.79. The molecule has 1 saturated heterocycles. The molecule has 0 spiro atoms. The largest absolute Gasteiger partial charge is 0.476 e. The minimum atomic E-state index is -1.33. The normalized spacial score (nSPS) is 26.3. The third-order valence-corrected chi connectivity index (χ3v) is 8.25. The number of oxime groups is 1. The standard InChI is InChI=1S/C29H42N4O4/c1-4-11-21-19-23(16-17-32(21)22-13-8-6-5-7-12-20(2)18-22)33-25-15-10-9-14-24(25)30-26(28(33)34)27(29(35)36)31-37-3/h9-10,14-15,20-23H,4-8,11-13,16-19H2,1-3H3,(H,35,36)/b31-27-/t20-,21+,22-,23+/m1/s1. The van der Waals surface area contributed by atoms with Crippen LogP contribution in [0.3, 0.4) is 0 Å². The molecule has 2 aliphatic rings. The Morgan fingerprint density at radius 2 is 1.86 bits per heavy atom. The summed E-state index contributed by atoms with van der Waals surface area (Å²) in [6.45, 7) is 5.59. The van der Waals surface area contributed by atoms with Crippen LogP contribution < -0.4 is 5.56 Å². The monoisotopic (exact) mass is 510 g/mol. The van der Waals surface area contributed by atoms with Crippen LogP contribution in [0.4, 0.5) is 0 Å². The Hall–Kier alpha value is -2.74. The minimum Gasteiger partial charge on any atom is -0.476 e. The predicted molar refractivity (Wildman–Crippen MR) is 146 cm³/mol. The lowest BCUT2D eigenvalue weighted by molar-refractivity contribution is -0.129. The number of likely N-dealkylation sites (tertiary alicyclic amines) is 1. The van der Waals surface area contributed by atoms with Crippen molar-refractivity contribution >= 4 is 22.7 Å². The summed E-state index contributed by atoms with van der Waals surface area (Å²) in [6, 6.07) is 8.44. The van der Waals surface area contributed by atoms with Crippen LogP contribution >= 0.6 is 0 Å². The number of piperidine rings is 1. The van der Waals surface area contributed by atoms with Crippen LogP contribution in [0.2, 0.25) is 0 Å². The second kappa shape index (κ2) is 12.7. The van der Waals surface area contributed by atoms with Gasteiger partial charge in [-0.05, 0) is 50.2 Å². The third kappa shape index (κ3) is 6.22. The fourth-order valence-electron chi connectivity index (χ4n) is 6.55. The number of hydrogen-bond acceptors (Lipinski definition) is 6. The summed E-state index contributed by atoms with van der Waals surface area (Å²) in [5.41, 5.74) is 0.272. The number of aromatic nitrogens is 2. The van der Waals surface area contributed by atoms with Crippen molar-refractivity contribution in [3.63, 3.8) is 0 Å². The maximum absolute atomic E-state index is 13.8. The van der Waals surface area contributed by atoms with E-state index in [1.165, 1.54) is 52.1 Å². The van der Waals surface area contributed by atoms with Gasteiger partial charge in [0.25, 0.3) is 5.56 Å². The first-order valence-electron chi connectivity index (χ1n) is 14.1. The summed E-state index contributed by atoms with van der Waals surface area (Å²) in [6.07, 6.45) is 13.1. The van der Waals surface area contributed by atoms with Crippen LogP contribution in [0.5, 0.6) is 0 Å². The van der Waals surface area contributed by atoms with Gasteiger partial charge in [-0.15, -0.1) is 0 Å². The zero-order chi connectivity index (χ0) is 26.4. The quantitative estimate of drug-likeness (QED) is 0.396. The van der Waals surface area contributed by atoms with Crippen LogP contribution in [0, 0.1) is 5.92 Å². The van der Waals surface area contributed by atoms with Gasteiger partial charge >= 0.3 is 5.97 Å². The van der Waals surface area contributed by atoms with E-state index < -0.39 is 17.2 Å². The molecule has 0 radical (unpaired) electrons. The lowest BCUT2D eigenvalue weighted by atomic mass is 9.88. The Morgan fingerprint density at radius 3 is 2.59 bits per heavy atom. The number of carboxylic acids is 1. The number of carboxylic acid groups (broad SMARTS) is 1. The molecule has 4 atom stereocenters. The average molecular weight is 511 g/mol. The first-order chi connectivity index (χ1) is 17.9. The highest BCUT2D eigenvalue weighted by molar-refractivity contribution is 6.41. The highest BCUT2D eigenvalue weighted by atomic mass is 16.6. The highest BCUT2D eigenvalue weighted by Gasteiger charge is 2.35. The molecule has 0 unspecified atom stereocenters. The molecule has 0 amide bonds. The van der Waals surface area contributed by atoms with Gasteiger partial charge in [0, 0.05) is 24.7 Å². The van der Waals surface area contributed by atoms with Crippen molar-refractivity contribution in [3.8, 4) is 0 Å². The van der Waals surface area contributed by atoms with Gasteiger partial charge in [0.1, 0.15) is 7.11 Å². The first kappa shape index (κ1) is 27.3. The van der Waals surface area contributed by atoms with E-state index in [1.807, 2.05) is 24.3 Å². The fraction of sp³-hybridized carbons (Fsp3) is 0.655. The summed E-state index contributed by atoms with van der Waals surface area (Å²) in [7, 11) is 1.27. The minimum absolute atomic E-state index is 0.0294. The van der Waals surface area contributed by atoms with Crippen molar-refractivity contribution in [2.75, 3.05) is 13.7 Å². The molecule has 2 fully saturated rings. The second-order valence-electron chi connectivity index (χ2n) is 10.9. The summed E-state index contributed by atoms with van der Waals surface area (Å²) in [5.74, 6) is -0.590. The Kier molecular flexibility index (Phi) is 9.35. The Bertz CT molecular complexity index is 1160. The van der Waals surface area contributed by atoms with Crippen LogP contribution in [0.15, 0.2) is 34.2 Å². The van der Waals surface area contributed by atoms with E-state index in [9.17, 15) is 14.7 Å². The highest BCUT2D eigenvalue weighted by Crippen LogP contribution is 2.35. The molecular formula is C29H42N4O4. The smallest absolute Gasteiger partial charge is 0.360 e. The van der Waals surface area contributed by atoms with Crippen LogP contribution in [0.25, 0.3) is 11.0 Å². The second-order valence-corrected chi connectivity index (χ2v) is 10.9. The number of aliphatic carboxylic acids is 1. The van der Waals surface area contributed by atoms with Gasteiger partial charge in [-0.25, -0.2) is 9.78 Å². The number of hydrogen-bond donors (Lipinski definition) is 1. The molecule has 0 bridgehead atoms. The molecule has 1 N–H and O–H groups in total. The number of carbonyl (C=O) groups is 1. The van der Waals surface area contributed by atoms with Gasteiger partial charge < -0.3 is 14.5 Å². The molecule has 37 heavy (non-hydrogen) atoms. The van der Waals surface area contributed by atoms with Crippen LogP contribution in [-0.4, -0.2) is 57.0 Å². The Balaban J connectivity index is 1.71. The molecule has 8 heteroatoms. The molecule has 2 aromatic rings. The van der Waals surface area contributed by atoms with E-state index in [2.05, 4.69) is 28.9 Å². The van der Waals surface area contributed by atoms with Crippen molar-refractivity contribution in [2.24, 2.45) is 11.1 Å². The zero-order valence-electron chi connectivity index (χ0n) is 22.6. The molecule has 1 aromatic heterocycles. The van der Waals surface area contributed by atoms with Crippen molar-refractivity contribution in [1.29, 1.82) is 0 Å². The molecular weight excluding hydrogens is 468 g/mol. The van der Waals surface area contributed by atoms with Crippen molar-refractivity contribution in [2.45, 2.75) is 103 Å². The molecule has 4 rings (SSSR count). The summed E-state index contributed by atoms with van der Waals surface area (Å²) >= 11 is 0. The molecule has 1 saturated carbocycles. The number of nitrogens with zero attached hydrogens (tertiary/aromatic N) is 4. The van der Waals surface area contributed by atoms with E-state index >= 15 is 0 Å². The molecule has 1 aromatic carbocycles. The maximum atomic E-state index is 13.8. The Labute approximate surface area is 219 Å². The molecule has 202 valence electrons. The van der Waals surface area contributed by atoms with Crippen molar-refractivity contribution in [1.82, 2.24) is 14.5 Å². The summed E-state index contributed by atoms with van der Waals surface area (Å²) in [4.78, 5) is 37.6. The predicted octanol–water partition coefficient (Wildman–Crippen LogP) is 5.39. The molecule has 1 aliphatic carbocycles. The molecule has 1 aliphatic heterocycles. The number of para-hydroxylation sites is 2. The van der Waals surface area contributed by atoms with E-state index in [4.69, 9.17) is 4.84 Å². The third-order valence-electron chi connectivity index (χ3n) is 8.25. The van der Waals surface area contributed by atoms with Gasteiger partial charge in [-0.1, -0.05) is 69.7 Å². The van der Waals surface area contributed by atoms with Crippen molar-refractivity contribution in [3.05, 3.63) is 40.3 Å². The Morgan fingerprint density at radius 1 is 1.11 bits per heavy atom. The van der Waals surface area contributed by atoms with Gasteiger partial charge in [-0.3, -0.25) is 9.69 Å². The maximum Gasteiger partial charge on any atom is 0.360 e. The molecule has 2 heterocycles. The topological polar surface area (TPSA) is 97.0 Å². The lowest BCUT2D eigenvalue weighted by Crippen LogP contribution is -2.50. The number of rotatable bonds is 7. The SMILES string of the molecule is CCC[C@H]1C[C@@H](n2c(=O)c(/C(=N/OC)C(=O)O)nc3ccccc32)CCN1[C@@H]1CCCCCC[C@@H](C)C1. The van der Waals surface area contributed by atoms with E-state index in [0.717, 1.165) is 43.7 Å². The van der Waals surface area contributed by atoms with Crippen molar-refractivity contribution < 1.29 is 14.7 Å². The van der Waals surface area contributed by atoms with Gasteiger partial charge in [0.05, 0.1) is 11.0 Å². The first-order valence-corrected chi connectivity index (χ1v) is 14.1. The number of benzene rings is 1. The zero-order valence-corrected chi connectivity index (χ0v) is 22.6. The van der Waals surface area contributed by atoms with Crippen LogP contribution in [0.1, 0.15) is 96.2 Å². The fourth-order valence-corrected chi connectivity index (χ4v) is 6.55. The van der Waals surface area contributed by atoms with E-state index in [-0.39, 0.29) is 11.7 Å². The number of fused-ring (bicyclic) bond motifs is 1. The van der Waals surface area contributed by atoms with Gasteiger partial charge in [-0.2, -0.15) is 0 Å². The van der Waals surface area contributed by atoms with Crippen LogP contribution in [-0.2, 0) is 9.63 Å². The lowest BCUT2D eigenvalue weighted by Gasteiger charge is -2.45. The van der Waals surface area contributed by atoms with E-state index in [1.54, 1.807) is 4.57 Å². The van der Waals surface area contributed by atoms with Gasteiger partial charge in [0.15, 0.2) is 5.69 Å². The average Bonchev–Trinajstić information content (AvgIpc) is 2.99. The van der Waals surface area contributed by atoms with E-state index in [0.29, 0.717) is 17.6 Å². The molecule has 8 nitrogen and oxygen atoms in total. The van der Waals surface area contributed by atoms with Gasteiger partial charge in [0.2, 0.25) is 5.71 Å².